The zero-order valence-electron chi connectivity index (χ0n) is 25.8. The van der Waals surface area contributed by atoms with Gasteiger partial charge in [-0.3, -0.25) is 0 Å². The van der Waals surface area contributed by atoms with E-state index in [1.807, 2.05) is 45.0 Å². The molecule has 10 nitrogen and oxygen atoms in total. The molecule has 3 N–H and O–H groups in total. The molecule has 1 saturated heterocycles. The quantitative estimate of drug-likeness (QED) is 0.193. The average Bonchev–Trinajstić information content (AvgIpc) is 3.72. The summed E-state index contributed by atoms with van der Waals surface area (Å²) < 4.78 is 34.8. The Bertz CT molecular complexity index is 2170. The lowest BCUT2D eigenvalue weighted by molar-refractivity contribution is -0.0827. The summed E-state index contributed by atoms with van der Waals surface area (Å²) in [5.74, 6) is -0.167. The third kappa shape index (κ3) is 4.93. The highest BCUT2D eigenvalue weighted by atomic mass is 32.1. The predicted molar refractivity (Wildman–Crippen MR) is 174 cm³/mol. The van der Waals surface area contributed by atoms with Crippen molar-refractivity contribution in [2.45, 2.75) is 58.7 Å². The second kappa shape index (κ2) is 11.0. The number of benzene rings is 2. The summed E-state index contributed by atoms with van der Waals surface area (Å²) in [5, 5.41) is 16.4. The van der Waals surface area contributed by atoms with Crippen molar-refractivity contribution < 1.29 is 23.4 Å². The van der Waals surface area contributed by atoms with E-state index in [-0.39, 0.29) is 34.8 Å². The molecule has 2 aromatic carbocycles. The first-order valence-corrected chi connectivity index (χ1v) is 15.7. The number of phenols is 1. The zero-order valence-corrected chi connectivity index (χ0v) is 26.6. The molecule has 1 fully saturated rings. The maximum absolute atomic E-state index is 14.4. The molecule has 1 aliphatic rings. The number of halogens is 1. The number of hydrogen-bond acceptors (Lipinski definition) is 10. The van der Waals surface area contributed by atoms with Crippen LogP contribution in [0.4, 0.5) is 10.2 Å². The third-order valence-corrected chi connectivity index (χ3v) is 9.49. The fourth-order valence-electron chi connectivity index (χ4n) is 6.42. The number of thiophene rings is 1. The van der Waals surface area contributed by atoms with Gasteiger partial charge in [-0.25, -0.2) is 23.8 Å². The molecule has 3 unspecified atom stereocenters. The van der Waals surface area contributed by atoms with Gasteiger partial charge in [0.05, 0.1) is 27.4 Å². The Labute approximate surface area is 267 Å². The second-order valence-corrected chi connectivity index (χ2v) is 13.5. The smallest absolute Gasteiger partial charge is 0.343 e. The summed E-state index contributed by atoms with van der Waals surface area (Å²) in [7, 11) is 0. The highest BCUT2D eigenvalue weighted by Gasteiger charge is 2.45. The van der Waals surface area contributed by atoms with E-state index in [0.717, 1.165) is 15.8 Å². The van der Waals surface area contributed by atoms with Crippen LogP contribution in [0.15, 0.2) is 70.1 Å². The van der Waals surface area contributed by atoms with E-state index in [1.54, 1.807) is 16.8 Å². The van der Waals surface area contributed by atoms with Crippen molar-refractivity contribution in [1.29, 1.82) is 0 Å². The topological polar surface area (TPSA) is 139 Å². The second-order valence-electron chi connectivity index (χ2n) is 12.4. The molecule has 4 aromatic heterocycles. The highest BCUT2D eigenvalue weighted by Crippen LogP contribution is 2.46. The van der Waals surface area contributed by atoms with E-state index in [9.17, 15) is 14.3 Å². The summed E-state index contributed by atoms with van der Waals surface area (Å²) >= 11 is 1.50. The highest BCUT2D eigenvalue weighted by molar-refractivity contribution is 7.15. The van der Waals surface area contributed by atoms with Crippen LogP contribution in [0.3, 0.4) is 0 Å². The minimum absolute atomic E-state index is 0.0778. The van der Waals surface area contributed by atoms with Crippen LogP contribution in [0.5, 0.6) is 5.75 Å². The number of fused-ring (bicyclic) bond motifs is 2. The van der Waals surface area contributed by atoms with Gasteiger partial charge in [-0.2, -0.15) is 5.10 Å². The van der Waals surface area contributed by atoms with Crippen LogP contribution in [-0.2, 0) is 9.47 Å². The van der Waals surface area contributed by atoms with Gasteiger partial charge >= 0.3 is 5.63 Å². The number of phenolic OH excluding ortho intramolecular Hbond substituents is 1. The van der Waals surface area contributed by atoms with Crippen LogP contribution < -0.4 is 11.4 Å². The molecule has 236 valence electrons. The lowest BCUT2D eigenvalue weighted by atomic mass is 9.93. The Kier molecular flexibility index (Phi) is 7.18. The van der Waals surface area contributed by atoms with Gasteiger partial charge in [0.1, 0.15) is 41.2 Å². The molecule has 46 heavy (non-hydrogen) atoms. The van der Waals surface area contributed by atoms with E-state index < -0.39 is 29.4 Å². The molecule has 1 aliphatic heterocycles. The normalized spacial score (nSPS) is 18.6. The van der Waals surface area contributed by atoms with E-state index in [1.165, 1.54) is 29.8 Å². The van der Waals surface area contributed by atoms with Gasteiger partial charge in [-0.05, 0) is 57.0 Å². The summed E-state index contributed by atoms with van der Waals surface area (Å²) in [4.78, 5) is 23.7. The first-order valence-electron chi connectivity index (χ1n) is 14.9. The van der Waals surface area contributed by atoms with Crippen LogP contribution in [0.1, 0.15) is 57.6 Å². The third-order valence-electron chi connectivity index (χ3n) is 8.36. The summed E-state index contributed by atoms with van der Waals surface area (Å²) in [5.41, 5.74) is 6.96. The molecule has 0 aliphatic carbocycles. The van der Waals surface area contributed by atoms with Crippen LogP contribution in [-0.4, -0.2) is 36.6 Å². The van der Waals surface area contributed by atoms with Gasteiger partial charge in [-0.15, -0.1) is 11.3 Å². The van der Waals surface area contributed by atoms with E-state index in [4.69, 9.17) is 24.7 Å². The molecule has 0 amide bonds. The summed E-state index contributed by atoms with van der Waals surface area (Å²) in [6.07, 6.45) is 0.696. The number of ether oxygens (including phenoxy) is 2. The number of nitrogen functional groups attached to an aromatic ring is 1. The lowest BCUT2D eigenvalue weighted by Crippen LogP contribution is -2.36. The molecule has 12 heteroatoms. The largest absolute Gasteiger partial charge is 0.508 e. The molecule has 3 atom stereocenters. The Morgan fingerprint density at radius 1 is 1.07 bits per heavy atom. The van der Waals surface area contributed by atoms with Crippen molar-refractivity contribution in [3.8, 4) is 27.4 Å². The minimum Gasteiger partial charge on any atom is -0.508 e. The number of aromatic nitrogens is 4. The molecule has 7 rings (SSSR count). The molecule has 0 bridgehead atoms. The first-order chi connectivity index (χ1) is 21.9. The lowest BCUT2D eigenvalue weighted by Gasteiger charge is -2.26. The number of nitrogens with zero attached hydrogens (tertiary/aromatic N) is 4. The zero-order chi connectivity index (χ0) is 32.5. The number of rotatable bonds is 6. The van der Waals surface area contributed by atoms with Crippen LogP contribution in [0.25, 0.3) is 43.5 Å². The average molecular weight is 642 g/mol. The van der Waals surface area contributed by atoms with Crippen molar-refractivity contribution in [2.75, 3.05) is 5.73 Å². The Balaban J connectivity index is 1.40. The molecule has 0 saturated carbocycles. The van der Waals surface area contributed by atoms with Crippen molar-refractivity contribution in [2.24, 2.45) is 5.92 Å². The Hall–Kier alpha value is -4.65. The van der Waals surface area contributed by atoms with Crippen molar-refractivity contribution >= 4 is 39.0 Å². The summed E-state index contributed by atoms with van der Waals surface area (Å²) in [6, 6.07) is 14.2. The maximum atomic E-state index is 14.4. The van der Waals surface area contributed by atoms with Gasteiger partial charge < -0.3 is 24.7 Å². The van der Waals surface area contributed by atoms with Gasteiger partial charge in [-0.1, -0.05) is 32.0 Å². The van der Waals surface area contributed by atoms with E-state index in [0.29, 0.717) is 33.1 Å². The fraction of sp³-hybridized carbons (Fsp3) is 0.294. The number of anilines is 1. The number of hydrogen-bond donors (Lipinski definition) is 2. The molecular weight excluding hydrogens is 609 g/mol. The molecule has 6 aromatic rings. The molecule has 0 spiro atoms. The van der Waals surface area contributed by atoms with Gasteiger partial charge in [0.25, 0.3) is 0 Å². The number of aromatic hydroxyl groups is 1. The van der Waals surface area contributed by atoms with Crippen molar-refractivity contribution in [1.82, 2.24) is 19.7 Å². The van der Waals surface area contributed by atoms with Gasteiger partial charge in [0.15, 0.2) is 11.9 Å². The van der Waals surface area contributed by atoms with Gasteiger partial charge in [0, 0.05) is 27.5 Å². The van der Waals surface area contributed by atoms with Crippen molar-refractivity contribution in [3.05, 3.63) is 87.8 Å². The Morgan fingerprint density at radius 2 is 1.83 bits per heavy atom. The SMILES string of the molecule is CC(C)C1OC(c2ccc(-c3c(C(C)n4nc(-c5cc(O)cc(F)c5)c5c(N)ncnc54)oc(=O)c4ccccc34)s2)OC1(C)C. The first kappa shape index (κ1) is 30.0. The van der Waals surface area contributed by atoms with E-state index in [2.05, 4.69) is 23.8 Å². The molecule has 5 heterocycles. The summed E-state index contributed by atoms with van der Waals surface area (Å²) in [6.45, 7) is 10.1. The standard InChI is InChI=1S/C34H32FN5O5S/c1-16(2)29-34(4,5)45-33(44-29)24-11-10-23(46-24)25-21-8-6-7-9-22(21)32(42)43-28(25)17(3)40-31-26(30(36)37-15-38-31)27(39-40)18-12-19(35)14-20(41)13-18/h6-17,29,33,41H,1-5H3,(H2,36,37,38). The fourth-order valence-corrected chi connectivity index (χ4v) is 7.46. The van der Waals surface area contributed by atoms with Crippen molar-refractivity contribution in [3.63, 3.8) is 0 Å². The van der Waals surface area contributed by atoms with E-state index >= 15 is 0 Å². The maximum Gasteiger partial charge on any atom is 0.343 e. The van der Waals surface area contributed by atoms with Crippen LogP contribution in [0.2, 0.25) is 0 Å². The Morgan fingerprint density at radius 3 is 2.54 bits per heavy atom. The molecular formula is C34H32FN5O5S. The molecule has 0 radical (unpaired) electrons. The monoisotopic (exact) mass is 641 g/mol. The van der Waals surface area contributed by atoms with Gasteiger partial charge in [0.2, 0.25) is 0 Å². The number of nitrogens with two attached hydrogens (primary N) is 1. The minimum atomic E-state index is -0.686. The van der Waals surface area contributed by atoms with Crippen LogP contribution >= 0.6 is 11.3 Å². The van der Waals surface area contributed by atoms with Crippen LogP contribution in [0, 0.1) is 11.7 Å². The predicted octanol–water partition coefficient (Wildman–Crippen LogP) is 7.21.